The molecule has 0 radical (unpaired) electrons. The van der Waals surface area contributed by atoms with Crippen LogP contribution in [0.5, 0.6) is 0 Å². The maximum absolute atomic E-state index is 11.7. The fourth-order valence-corrected chi connectivity index (χ4v) is 1.47. The van der Waals surface area contributed by atoms with Crippen molar-refractivity contribution in [3.63, 3.8) is 0 Å². The van der Waals surface area contributed by atoms with Crippen LogP contribution >= 0.6 is 0 Å². The summed E-state index contributed by atoms with van der Waals surface area (Å²) in [4.78, 5) is 28.2. The number of ether oxygens (including phenoxy) is 1. The molecule has 0 aliphatic carbocycles. The molecule has 0 saturated heterocycles. The molecule has 0 bridgehead atoms. The number of carbonyl (C=O) groups is 2. The third kappa shape index (κ3) is 1.56. The second-order valence-corrected chi connectivity index (χ2v) is 3.09. The van der Waals surface area contributed by atoms with Gasteiger partial charge in [-0.05, 0) is 19.1 Å². The summed E-state index contributed by atoms with van der Waals surface area (Å²) in [5.41, 5.74) is 1.10. The Morgan fingerprint density at radius 3 is 3.13 bits per heavy atom. The van der Waals surface area contributed by atoms with E-state index in [1.807, 2.05) is 0 Å². The lowest BCUT2D eigenvalue weighted by atomic mass is 10.2. The van der Waals surface area contributed by atoms with Gasteiger partial charge < -0.3 is 4.74 Å². The molecule has 0 aromatic carbocycles. The SMILES string of the molecule is CCOC(=O)N1Cc2ncccc2C1=O. The van der Waals surface area contributed by atoms with Crippen LogP contribution < -0.4 is 0 Å². The third-order valence-corrected chi connectivity index (χ3v) is 2.16. The van der Waals surface area contributed by atoms with E-state index in [1.54, 1.807) is 25.3 Å². The summed E-state index contributed by atoms with van der Waals surface area (Å²) < 4.78 is 4.77. The van der Waals surface area contributed by atoms with Crippen LogP contribution in [0, 0.1) is 0 Å². The molecule has 1 aromatic rings. The van der Waals surface area contributed by atoms with Crippen LogP contribution in [-0.2, 0) is 11.3 Å². The number of carbonyl (C=O) groups excluding carboxylic acids is 2. The van der Waals surface area contributed by atoms with Gasteiger partial charge in [0.2, 0.25) is 0 Å². The van der Waals surface area contributed by atoms with Crippen LogP contribution in [0.1, 0.15) is 23.0 Å². The van der Waals surface area contributed by atoms with E-state index in [0.29, 0.717) is 11.3 Å². The van der Waals surface area contributed by atoms with E-state index in [9.17, 15) is 9.59 Å². The first-order chi connectivity index (χ1) is 7.24. The second-order valence-electron chi connectivity index (χ2n) is 3.09. The molecule has 78 valence electrons. The lowest BCUT2D eigenvalue weighted by Crippen LogP contribution is -2.31. The molecule has 2 heterocycles. The second kappa shape index (κ2) is 3.68. The van der Waals surface area contributed by atoms with Crippen molar-refractivity contribution in [1.29, 1.82) is 0 Å². The van der Waals surface area contributed by atoms with Crippen LogP contribution in [0.4, 0.5) is 4.79 Å². The molecule has 2 rings (SSSR count). The zero-order valence-electron chi connectivity index (χ0n) is 8.27. The van der Waals surface area contributed by atoms with E-state index in [0.717, 1.165) is 4.90 Å². The summed E-state index contributed by atoms with van der Waals surface area (Å²) in [5.74, 6) is -0.337. The minimum atomic E-state index is -0.611. The van der Waals surface area contributed by atoms with Gasteiger partial charge in [-0.3, -0.25) is 9.78 Å². The highest BCUT2D eigenvalue weighted by Gasteiger charge is 2.33. The summed E-state index contributed by atoms with van der Waals surface area (Å²) in [6.07, 6.45) is 0.987. The zero-order valence-corrected chi connectivity index (χ0v) is 8.27. The number of imide groups is 1. The third-order valence-electron chi connectivity index (χ3n) is 2.16. The fourth-order valence-electron chi connectivity index (χ4n) is 1.47. The van der Waals surface area contributed by atoms with Gasteiger partial charge in [-0.15, -0.1) is 0 Å². The van der Waals surface area contributed by atoms with E-state index in [2.05, 4.69) is 4.98 Å². The van der Waals surface area contributed by atoms with E-state index >= 15 is 0 Å². The molecule has 0 fully saturated rings. The molecule has 15 heavy (non-hydrogen) atoms. The summed E-state index contributed by atoms with van der Waals surface area (Å²) in [7, 11) is 0. The smallest absolute Gasteiger partial charge is 0.417 e. The highest BCUT2D eigenvalue weighted by atomic mass is 16.6. The minimum Gasteiger partial charge on any atom is -0.449 e. The number of fused-ring (bicyclic) bond motifs is 1. The minimum absolute atomic E-state index is 0.202. The maximum Gasteiger partial charge on any atom is 0.417 e. The van der Waals surface area contributed by atoms with Gasteiger partial charge in [0.15, 0.2) is 0 Å². The Bertz CT molecular complexity index is 417. The summed E-state index contributed by atoms with van der Waals surface area (Å²) in [6.45, 7) is 2.16. The number of aromatic nitrogens is 1. The lowest BCUT2D eigenvalue weighted by molar-refractivity contribution is 0.0693. The maximum atomic E-state index is 11.7. The van der Waals surface area contributed by atoms with Crippen LogP contribution in [0.15, 0.2) is 18.3 Å². The van der Waals surface area contributed by atoms with E-state index in [4.69, 9.17) is 4.74 Å². The number of nitrogens with zero attached hydrogens (tertiary/aromatic N) is 2. The molecule has 5 nitrogen and oxygen atoms in total. The van der Waals surface area contributed by atoms with Gasteiger partial charge in [-0.25, -0.2) is 9.69 Å². The van der Waals surface area contributed by atoms with Gasteiger partial charge in [0.1, 0.15) is 0 Å². The first-order valence-electron chi connectivity index (χ1n) is 4.66. The predicted octanol–water partition coefficient (Wildman–Crippen LogP) is 1.19. The van der Waals surface area contributed by atoms with Gasteiger partial charge in [-0.1, -0.05) is 0 Å². The molecule has 0 spiro atoms. The summed E-state index contributed by atoms with van der Waals surface area (Å²) in [5, 5.41) is 0. The first-order valence-corrected chi connectivity index (χ1v) is 4.66. The predicted molar refractivity (Wildman–Crippen MR) is 51.1 cm³/mol. The normalized spacial score (nSPS) is 13.9. The van der Waals surface area contributed by atoms with Crippen LogP contribution in [0.3, 0.4) is 0 Å². The Balaban J connectivity index is 2.24. The van der Waals surface area contributed by atoms with Crippen LogP contribution in [-0.4, -0.2) is 28.5 Å². The van der Waals surface area contributed by atoms with Crippen LogP contribution in [0.2, 0.25) is 0 Å². The number of hydrogen-bond donors (Lipinski definition) is 0. The molecule has 0 atom stereocenters. The van der Waals surface area contributed by atoms with Crippen molar-refractivity contribution in [2.24, 2.45) is 0 Å². The topological polar surface area (TPSA) is 59.5 Å². The largest absolute Gasteiger partial charge is 0.449 e. The Labute approximate surface area is 86.7 Å². The van der Waals surface area contributed by atoms with Crippen molar-refractivity contribution in [3.8, 4) is 0 Å². The summed E-state index contributed by atoms with van der Waals surface area (Å²) in [6, 6.07) is 3.33. The van der Waals surface area contributed by atoms with Crippen molar-refractivity contribution < 1.29 is 14.3 Å². The number of pyridine rings is 1. The number of hydrogen-bond acceptors (Lipinski definition) is 4. The number of amides is 2. The molecular weight excluding hydrogens is 196 g/mol. The van der Waals surface area contributed by atoms with E-state index in [-0.39, 0.29) is 19.1 Å². The zero-order chi connectivity index (χ0) is 10.8. The van der Waals surface area contributed by atoms with Crippen LogP contribution in [0.25, 0.3) is 0 Å². The highest BCUT2D eigenvalue weighted by molar-refractivity contribution is 6.05. The fraction of sp³-hybridized carbons (Fsp3) is 0.300. The number of rotatable bonds is 1. The quantitative estimate of drug-likeness (QED) is 0.692. The van der Waals surface area contributed by atoms with Gasteiger partial charge in [-0.2, -0.15) is 0 Å². The lowest BCUT2D eigenvalue weighted by Gasteiger charge is -2.11. The van der Waals surface area contributed by atoms with Gasteiger partial charge in [0.25, 0.3) is 5.91 Å². The molecule has 5 heteroatoms. The molecule has 0 unspecified atom stereocenters. The molecule has 1 aliphatic rings. The molecule has 0 saturated carbocycles. The first kappa shape index (κ1) is 9.64. The van der Waals surface area contributed by atoms with Gasteiger partial charge in [0.05, 0.1) is 24.4 Å². The molecular formula is C10H10N2O3. The molecule has 0 N–H and O–H groups in total. The van der Waals surface area contributed by atoms with Crippen molar-refractivity contribution in [2.75, 3.05) is 6.61 Å². The van der Waals surface area contributed by atoms with E-state index in [1.165, 1.54) is 0 Å². The molecule has 1 aliphatic heterocycles. The highest BCUT2D eigenvalue weighted by Crippen LogP contribution is 2.20. The van der Waals surface area contributed by atoms with E-state index < -0.39 is 6.09 Å². The molecule has 1 aromatic heterocycles. The molecule has 2 amide bonds. The van der Waals surface area contributed by atoms with Crippen molar-refractivity contribution >= 4 is 12.0 Å². The summed E-state index contributed by atoms with van der Waals surface area (Å²) >= 11 is 0. The monoisotopic (exact) mass is 206 g/mol. The Hall–Kier alpha value is -1.91. The Morgan fingerprint density at radius 2 is 2.47 bits per heavy atom. The van der Waals surface area contributed by atoms with Crippen molar-refractivity contribution in [1.82, 2.24) is 9.88 Å². The Morgan fingerprint density at radius 1 is 1.67 bits per heavy atom. The van der Waals surface area contributed by atoms with Gasteiger partial charge in [0, 0.05) is 6.20 Å². The van der Waals surface area contributed by atoms with Crippen molar-refractivity contribution in [3.05, 3.63) is 29.6 Å². The average molecular weight is 206 g/mol. The van der Waals surface area contributed by atoms with Crippen molar-refractivity contribution in [2.45, 2.75) is 13.5 Å². The van der Waals surface area contributed by atoms with Gasteiger partial charge >= 0.3 is 6.09 Å². The average Bonchev–Trinajstić information content (AvgIpc) is 2.57. The Kier molecular flexibility index (Phi) is 2.37. The standard InChI is InChI=1S/C10H10N2O3/c1-2-15-10(14)12-6-8-7(9(12)13)4-3-5-11-8/h3-5H,2,6H2,1H3.